The van der Waals surface area contributed by atoms with E-state index < -0.39 is 17.8 Å². The van der Waals surface area contributed by atoms with Crippen LogP contribution >= 0.6 is 0 Å². The third kappa shape index (κ3) is 4.71. The van der Waals surface area contributed by atoms with E-state index in [1.54, 1.807) is 6.92 Å². The molecule has 130 valence electrons. The average molecular weight is 334 g/mol. The topological polar surface area (TPSA) is 84.9 Å². The van der Waals surface area contributed by atoms with Crippen molar-refractivity contribution in [1.82, 2.24) is 10.2 Å². The maximum Gasteiger partial charge on any atom is 0.407 e. The molecule has 1 aliphatic heterocycles. The molecule has 1 aromatic rings. The molecule has 0 saturated carbocycles. The van der Waals surface area contributed by atoms with Crippen LogP contribution < -0.4 is 5.32 Å². The maximum absolute atomic E-state index is 12.3. The zero-order chi connectivity index (χ0) is 17.6. The smallest absolute Gasteiger partial charge is 0.407 e. The summed E-state index contributed by atoms with van der Waals surface area (Å²) in [6, 6.07) is 9.26. The van der Waals surface area contributed by atoms with E-state index in [0.717, 1.165) is 12.0 Å². The molecule has 1 atom stereocenters. The van der Waals surface area contributed by atoms with Gasteiger partial charge in [-0.2, -0.15) is 0 Å². The van der Waals surface area contributed by atoms with Crippen molar-refractivity contribution in [1.29, 1.82) is 0 Å². The van der Waals surface area contributed by atoms with Crippen LogP contribution in [0.5, 0.6) is 0 Å². The van der Waals surface area contributed by atoms with Crippen molar-refractivity contribution in [3.63, 3.8) is 0 Å². The molecule has 1 saturated heterocycles. The third-order valence-electron chi connectivity index (χ3n) is 3.85. The fourth-order valence-electron chi connectivity index (χ4n) is 2.76. The number of amides is 2. The lowest BCUT2D eigenvalue weighted by atomic mass is 10.2. The molecule has 1 fully saturated rings. The van der Waals surface area contributed by atoms with Crippen molar-refractivity contribution < 1.29 is 23.9 Å². The standard InChI is InChI=1S/C17H22N2O5/c1-13(20)24-17(2)9-6-10-19(17)15(21)11-18-16(22)23-12-14-7-4-3-5-8-14/h3-5,7-8H,6,9-12H2,1-2H3,(H,18,22). The second kappa shape index (κ2) is 7.81. The van der Waals surface area contributed by atoms with E-state index in [0.29, 0.717) is 13.0 Å². The van der Waals surface area contributed by atoms with Gasteiger partial charge in [0.2, 0.25) is 5.91 Å². The van der Waals surface area contributed by atoms with Crippen LogP contribution in [0.1, 0.15) is 32.3 Å². The van der Waals surface area contributed by atoms with Crippen LogP contribution in [0.2, 0.25) is 0 Å². The average Bonchev–Trinajstić information content (AvgIpc) is 2.92. The van der Waals surface area contributed by atoms with E-state index in [1.807, 2.05) is 30.3 Å². The lowest BCUT2D eigenvalue weighted by Gasteiger charge is -2.34. The molecular formula is C17H22N2O5. The number of alkyl carbamates (subject to hydrolysis) is 1. The van der Waals surface area contributed by atoms with Crippen LogP contribution in [-0.4, -0.2) is 41.7 Å². The van der Waals surface area contributed by atoms with E-state index in [-0.39, 0.29) is 19.1 Å². The Labute approximate surface area is 140 Å². The number of carbonyl (C=O) groups excluding carboxylic acids is 3. The number of esters is 1. The van der Waals surface area contributed by atoms with Crippen LogP contribution in [0.4, 0.5) is 4.79 Å². The van der Waals surface area contributed by atoms with Crippen LogP contribution in [-0.2, 0) is 25.7 Å². The van der Waals surface area contributed by atoms with Gasteiger partial charge in [-0.15, -0.1) is 0 Å². The first-order chi connectivity index (χ1) is 11.4. The van der Waals surface area contributed by atoms with Gasteiger partial charge in [-0.05, 0) is 18.9 Å². The molecular weight excluding hydrogens is 312 g/mol. The minimum absolute atomic E-state index is 0.135. The number of carbonyl (C=O) groups is 3. The summed E-state index contributed by atoms with van der Waals surface area (Å²) in [6.07, 6.45) is 0.658. The summed E-state index contributed by atoms with van der Waals surface area (Å²) in [7, 11) is 0. The van der Waals surface area contributed by atoms with Gasteiger partial charge >= 0.3 is 12.1 Å². The van der Waals surface area contributed by atoms with Crippen LogP contribution in [0.3, 0.4) is 0 Å². The largest absolute Gasteiger partial charge is 0.445 e. The number of likely N-dealkylation sites (tertiary alicyclic amines) is 1. The Hall–Kier alpha value is -2.57. The van der Waals surface area contributed by atoms with Gasteiger partial charge < -0.3 is 19.7 Å². The van der Waals surface area contributed by atoms with Crippen molar-refractivity contribution in [3.05, 3.63) is 35.9 Å². The Morgan fingerprint density at radius 3 is 2.62 bits per heavy atom. The van der Waals surface area contributed by atoms with Crippen molar-refractivity contribution in [2.45, 2.75) is 39.0 Å². The molecule has 2 rings (SSSR count). The Morgan fingerprint density at radius 2 is 1.96 bits per heavy atom. The molecule has 2 amide bonds. The summed E-state index contributed by atoms with van der Waals surface area (Å²) in [5.41, 5.74) is -0.0839. The zero-order valence-corrected chi connectivity index (χ0v) is 13.9. The lowest BCUT2D eigenvalue weighted by Crippen LogP contribution is -2.51. The number of rotatable bonds is 5. The predicted molar refractivity (Wildman–Crippen MR) is 85.7 cm³/mol. The van der Waals surface area contributed by atoms with Crippen molar-refractivity contribution in [2.75, 3.05) is 13.1 Å². The van der Waals surface area contributed by atoms with Crippen LogP contribution in [0.25, 0.3) is 0 Å². The number of hydrogen-bond acceptors (Lipinski definition) is 5. The molecule has 0 bridgehead atoms. The number of ether oxygens (including phenoxy) is 2. The van der Waals surface area contributed by atoms with Crippen LogP contribution in [0, 0.1) is 0 Å². The van der Waals surface area contributed by atoms with Crippen molar-refractivity contribution in [2.24, 2.45) is 0 Å². The summed E-state index contributed by atoms with van der Waals surface area (Å²) in [6.45, 7) is 3.43. The van der Waals surface area contributed by atoms with E-state index in [4.69, 9.17) is 9.47 Å². The van der Waals surface area contributed by atoms with Crippen molar-refractivity contribution in [3.8, 4) is 0 Å². The summed E-state index contributed by atoms with van der Waals surface area (Å²) in [5, 5.41) is 2.43. The molecule has 0 aromatic heterocycles. The second-order valence-electron chi connectivity index (χ2n) is 5.83. The van der Waals surface area contributed by atoms with E-state index in [1.165, 1.54) is 11.8 Å². The molecule has 1 aromatic carbocycles. The molecule has 1 aliphatic rings. The molecule has 0 radical (unpaired) electrons. The highest BCUT2D eigenvalue weighted by Gasteiger charge is 2.42. The highest BCUT2D eigenvalue weighted by Crippen LogP contribution is 2.30. The van der Waals surface area contributed by atoms with Crippen LogP contribution in [0.15, 0.2) is 30.3 Å². The van der Waals surface area contributed by atoms with E-state index in [9.17, 15) is 14.4 Å². The highest BCUT2D eigenvalue weighted by atomic mass is 16.6. The second-order valence-corrected chi connectivity index (χ2v) is 5.83. The van der Waals surface area contributed by atoms with Gasteiger partial charge in [0.15, 0.2) is 5.72 Å². The Balaban J connectivity index is 1.79. The molecule has 24 heavy (non-hydrogen) atoms. The van der Waals surface area contributed by atoms with Gasteiger partial charge in [0.1, 0.15) is 13.2 Å². The third-order valence-corrected chi connectivity index (χ3v) is 3.85. The first-order valence-corrected chi connectivity index (χ1v) is 7.85. The summed E-state index contributed by atoms with van der Waals surface area (Å²) in [4.78, 5) is 36.7. The normalized spacial score (nSPS) is 19.7. The lowest BCUT2D eigenvalue weighted by molar-refractivity contribution is -0.177. The number of nitrogens with zero attached hydrogens (tertiary/aromatic N) is 1. The van der Waals surface area contributed by atoms with Gasteiger partial charge in [-0.1, -0.05) is 30.3 Å². The number of benzene rings is 1. The van der Waals surface area contributed by atoms with Gasteiger partial charge in [0.05, 0.1) is 0 Å². The Bertz CT molecular complexity index is 604. The maximum atomic E-state index is 12.3. The zero-order valence-electron chi connectivity index (χ0n) is 13.9. The molecule has 0 spiro atoms. The Morgan fingerprint density at radius 1 is 1.25 bits per heavy atom. The fourth-order valence-corrected chi connectivity index (χ4v) is 2.76. The Kier molecular flexibility index (Phi) is 5.78. The van der Waals surface area contributed by atoms with E-state index in [2.05, 4.69) is 5.32 Å². The van der Waals surface area contributed by atoms with Gasteiger partial charge in [-0.25, -0.2) is 4.79 Å². The quantitative estimate of drug-likeness (QED) is 0.830. The van der Waals surface area contributed by atoms with Gasteiger partial charge in [0, 0.05) is 19.9 Å². The molecule has 7 heteroatoms. The first-order valence-electron chi connectivity index (χ1n) is 7.85. The molecule has 7 nitrogen and oxygen atoms in total. The molecule has 1 unspecified atom stereocenters. The minimum Gasteiger partial charge on any atom is -0.445 e. The predicted octanol–water partition coefficient (Wildman–Crippen LogP) is 1.81. The SMILES string of the molecule is CC(=O)OC1(C)CCCN1C(=O)CNC(=O)OCc1ccccc1. The summed E-state index contributed by atoms with van der Waals surface area (Å²) in [5.74, 6) is -0.750. The summed E-state index contributed by atoms with van der Waals surface area (Å²) >= 11 is 0. The van der Waals surface area contributed by atoms with Gasteiger partial charge in [0.25, 0.3) is 0 Å². The van der Waals surface area contributed by atoms with Gasteiger partial charge in [-0.3, -0.25) is 9.59 Å². The monoisotopic (exact) mass is 334 g/mol. The number of hydrogen-bond donors (Lipinski definition) is 1. The number of nitrogens with one attached hydrogen (secondary N) is 1. The molecule has 0 aliphatic carbocycles. The minimum atomic E-state index is -0.946. The summed E-state index contributed by atoms with van der Waals surface area (Å²) < 4.78 is 10.3. The highest BCUT2D eigenvalue weighted by molar-refractivity contribution is 5.83. The van der Waals surface area contributed by atoms with Crippen molar-refractivity contribution >= 4 is 18.0 Å². The molecule has 1 N–H and O–H groups in total. The molecule has 1 heterocycles. The fraction of sp³-hybridized carbons (Fsp3) is 0.471. The first kappa shape index (κ1) is 17.8. The van der Waals surface area contributed by atoms with E-state index >= 15 is 0 Å².